The maximum Gasteiger partial charge on any atom is 0.230 e. The summed E-state index contributed by atoms with van der Waals surface area (Å²) in [6, 6.07) is 20.9. The van der Waals surface area contributed by atoms with Gasteiger partial charge in [0.25, 0.3) is 0 Å². The van der Waals surface area contributed by atoms with Crippen LogP contribution in [0.25, 0.3) is 11.0 Å². The molecule has 176 valence electrons. The number of benzene rings is 2. The number of nitrogens with zero attached hydrogens (tertiary/aromatic N) is 2. The molecule has 0 amide bonds. The van der Waals surface area contributed by atoms with Crippen LogP contribution in [0.1, 0.15) is 27.9 Å². The highest BCUT2D eigenvalue weighted by Gasteiger charge is 2.25. The molecule has 0 fully saturated rings. The van der Waals surface area contributed by atoms with Gasteiger partial charge in [-0.05, 0) is 37.5 Å². The highest BCUT2D eigenvalue weighted by molar-refractivity contribution is 5.86. The quantitative estimate of drug-likeness (QED) is 0.315. The molecule has 1 atom stereocenters. The van der Waals surface area contributed by atoms with E-state index in [-0.39, 0.29) is 25.3 Å². The molecule has 34 heavy (non-hydrogen) atoms. The van der Waals surface area contributed by atoms with Gasteiger partial charge < -0.3 is 18.8 Å². The maximum absolute atomic E-state index is 6.65. The number of halogens is 1. The molecule has 0 saturated carbocycles. The first-order valence-corrected chi connectivity index (χ1v) is 11.2. The van der Waals surface area contributed by atoms with Crippen molar-refractivity contribution in [3.05, 3.63) is 107 Å². The van der Waals surface area contributed by atoms with Crippen LogP contribution in [0.3, 0.4) is 0 Å². The highest BCUT2D eigenvalue weighted by Crippen LogP contribution is 2.33. The van der Waals surface area contributed by atoms with Crippen molar-refractivity contribution >= 4 is 23.4 Å². The fraction of sp³-hybridized carbons (Fsp3) is 0.250. The molecule has 1 unspecified atom stereocenters. The lowest BCUT2D eigenvalue weighted by atomic mass is 10.1. The van der Waals surface area contributed by atoms with E-state index < -0.39 is 0 Å². The minimum Gasteiger partial charge on any atom is -0.480 e. The normalized spacial score (nSPS) is 13.6. The zero-order chi connectivity index (χ0) is 22.8. The monoisotopic (exact) mass is 476 g/mol. The van der Waals surface area contributed by atoms with Crippen molar-refractivity contribution in [1.82, 2.24) is 9.55 Å². The molecule has 0 aliphatic carbocycles. The highest BCUT2D eigenvalue weighted by atomic mass is 35.5. The van der Waals surface area contributed by atoms with E-state index in [2.05, 4.69) is 61.7 Å². The number of fused-ring (bicyclic) bond motifs is 1. The van der Waals surface area contributed by atoms with E-state index in [1.165, 1.54) is 27.9 Å². The van der Waals surface area contributed by atoms with Gasteiger partial charge >= 0.3 is 0 Å². The molecule has 0 saturated heterocycles. The summed E-state index contributed by atoms with van der Waals surface area (Å²) >= 11 is 0. The smallest absolute Gasteiger partial charge is 0.230 e. The summed E-state index contributed by atoms with van der Waals surface area (Å²) in [5, 5.41) is 0. The van der Waals surface area contributed by atoms with Crippen LogP contribution in [0.5, 0.6) is 5.75 Å². The lowest BCUT2D eigenvalue weighted by Gasteiger charge is -2.20. The number of pyridine rings is 1. The van der Waals surface area contributed by atoms with Crippen molar-refractivity contribution in [3.63, 3.8) is 0 Å². The Morgan fingerprint density at radius 1 is 0.971 bits per heavy atom. The van der Waals surface area contributed by atoms with Crippen LogP contribution in [0, 0.1) is 20.8 Å². The second-order valence-corrected chi connectivity index (χ2v) is 8.53. The van der Waals surface area contributed by atoms with E-state index in [1.807, 2.05) is 30.5 Å². The summed E-state index contributed by atoms with van der Waals surface area (Å²) in [6.45, 7) is 7.35. The third-order valence-electron chi connectivity index (χ3n) is 6.26. The predicted molar refractivity (Wildman–Crippen MR) is 136 cm³/mol. The number of rotatable bonds is 7. The van der Waals surface area contributed by atoms with Crippen molar-refractivity contribution < 1.29 is 14.2 Å². The van der Waals surface area contributed by atoms with Crippen molar-refractivity contribution in [2.75, 3.05) is 6.79 Å². The van der Waals surface area contributed by atoms with Crippen LogP contribution in [0.15, 0.2) is 78.9 Å². The third-order valence-corrected chi connectivity index (χ3v) is 6.26. The Labute approximate surface area is 206 Å². The molecular weight excluding hydrogens is 448 g/mol. The summed E-state index contributed by atoms with van der Waals surface area (Å²) in [6.07, 6.45) is 3.86. The van der Waals surface area contributed by atoms with Gasteiger partial charge in [-0.15, -0.1) is 12.4 Å². The zero-order valence-corrected chi connectivity index (χ0v) is 20.5. The fourth-order valence-electron chi connectivity index (χ4n) is 4.28. The van der Waals surface area contributed by atoms with Gasteiger partial charge in [-0.3, -0.25) is 4.98 Å². The molecule has 0 spiro atoms. The largest absolute Gasteiger partial charge is 0.480 e. The van der Waals surface area contributed by atoms with Crippen molar-refractivity contribution in [2.24, 2.45) is 0 Å². The molecule has 0 radical (unpaired) electrons. The van der Waals surface area contributed by atoms with Crippen LogP contribution in [0.2, 0.25) is 0 Å². The standard InChI is InChI=1S/C28H28N2O3.ClH/c1-19-9-11-23(12-10-19)16-30-21(3)20(2)27-28(30)24(13-14-29-27)33-25(26-17-31-18-32-26)15-22-7-5-4-6-8-22;/h4-14,17,25H,15-16,18H2,1-3H3;1H. The predicted octanol–water partition coefficient (Wildman–Crippen LogP) is 6.27. The second kappa shape index (κ2) is 10.2. The Morgan fingerprint density at radius 3 is 2.44 bits per heavy atom. The van der Waals surface area contributed by atoms with Gasteiger partial charge in [0.2, 0.25) is 6.79 Å². The molecule has 4 aromatic rings. The molecule has 6 heteroatoms. The molecular formula is C28H29ClN2O3. The molecule has 2 aromatic carbocycles. The Hall–Kier alpha value is -3.44. The minimum atomic E-state index is -0.302. The number of ether oxygens (including phenoxy) is 3. The first kappa shape index (κ1) is 23.7. The molecule has 2 aromatic heterocycles. The molecule has 0 bridgehead atoms. The molecule has 5 nitrogen and oxygen atoms in total. The molecule has 5 rings (SSSR count). The summed E-state index contributed by atoms with van der Waals surface area (Å²) in [7, 11) is 0. The first-order valence-electron chi connectivity index (χ1n) is 11.2. The second-order valence-electron chi connectivity index (χ2n) is 8.53. The van der Waals surface area contributed by atoms with Crippen LogP contribution in [-0.2, 0) is 22.4 Å². The van der Waals surface area contributed by atoms with E-state index in [4.69, 9.17) is 19.2 Å². The van der Waals surface area contributed by atoms with Gasteiger partial charge in [-0.1, -0.05) is 60.2 Å². The lowest BCUT2D eigenvalue weighted by molar-refractivity contribution is 0.0559. The van der Waals surface area contributed by atoms with E-state index >= 15 is 0 Å². The van der Waals surface area contributed by atoms with Gasteiger partial charge in [0, 0.05) is 30.9 Å². The van der Waals surface area contributed by atoms with Crippen LogP contribution >= 0.6 is 12.4 Å². The van der Waals surface area contributed by atoms with Crippen molar-refractivity contribution in [1.29, 1.82) is 0 Å². The zero-order valence-electron chi connectivity index (χ0n) is 19.7. The molecule has 0 N–H and O–H groups in total. The summed E-state index contributed by atoms with van der Waals surface area (Å²) < 4.78 is 20.0. The molecule has 3 heterocycles. The summed E-state index contributed by atoms with van der Waals surface area (Å²) in [4.78, 5) is 4.70. The minimum absolute atomic E-state index is 0. The Morgan fingerprint density at radius 2 is 1.74 bits per heavy atom. The number of aromatic nitrogens is 2. The summed E-state index contributed by atoms with van der Waals surface area (Å²) in [5.74, 6) is 1.49. The molecule has 1 aliphatic rings. The maximum atomic E-state index is 6.65. The van der Waals surface area contributed by atoms with Crippen LogP contribution in [0.4, 0.5) is 0 Å². The molecule has 1 aliphatic heterocycles. The Kier molecular flexibility index (Phi) is 7.13. The Bertz CT molecular complexity index is 1300. The van der Waals surface area contributed by atoms with Crippen LogP contribution in [-0.4, -0.2) is 22.4 Å². The Balaban J connectivity index is 0.00000274. The van der Waals surface area contributed by atoms with Gasteiger partial charge in [0.1, 0.15) is 17.5 Å². The van der Waals surface area contributed by atoms with Gasteiger partial charge in [0.15, 0.2) is 11.9 Å². The average Bonchev–Trinajstić information content (AvgIpc) is 3.45. The van der Waals surface area contributed by atoms with Crippen molar-refractivity contribution in [2.45, 2.75) is 39.8 Å². The topological polar surface area (TPSA) is 45.5 Å². The van der Waals surface area contributed by atoms with E-state index in [9.17, 15) is 0 Å². The fourth-order valence-corrected chi connectivity index (χ4v) is 4.28. The lowest BCUT2D eigenvalue weighted by Crippen LogP contribution is -2.23. The van der Waals surface area contributed by atoms with Gasteiger partial charge in [-0.25, -0.2) is 0 Å². The number of hydrogen-bond donors (Lipinski definition) is 0. The van der Waals surface area contributed by atoms with Crippen LogP contribution < -0.4 is 4.74 Å². The van der Waals surface area contributed by atoms with E-state index in [1.54, 1.807) is 6.26 Å². The van der Waals surface area contributed by atoms with Crippen molar-refractivity contribution in [3.8, 4) is 5.75 Å². The first-order chi connectivity index (χ1) is 16.1. The summed E-state index contributed by atoms with van der Waals surface area (Å²) in [5.41, 5.74) is 8.00. The number of aryl methyl sites for hydroxylation is 2. The average molecular weight is 477 g/mol. The van der Waals surface area contributed by atoms with E-state index in [0.717, 1.165) is 23.3 Å². The van der Waals surface area contributed by atoms with Gasteiger partial charge in [0.05, 0.1) is 5.52 Å². The SMILES string of the molecule is Cc1ccc(Cn2c(C)c(C)c3nccc(OC(Cc4ccccc4)C4=COCO4)c32)cc1.Cl. The van der Waals surface area contributed by atoms with E-state index in [0.29, 0.717) is 12.2 Å². The third kappa shape index (κ3) is 4.75. The number of hydrogen-bond acceptors (Lipinski definition) is 4. The van der Waals surface area contributed by atoms with Gasteiger partial charge in [-0.2, -0.15) is 0 Å².